The fraction of sp³-hybridized carbons (Fsp3) is 0.312. The lowest BCUT2D eigenvalue weighted by Crippen LogP contribution is -2.39. The van der Waals surface area contributed by atoms with E-state index in [4.69, 9.17) is 9.47 Å². The van der Waals surface area contributed by atoms with Crippen molar-refractivity contribution in [2.75, 3.05) is 32.9 Å². The summed E-state index contributed by atoms with van der Waals surface area (Å²) in [6.07, 6.45) is 5.12. The van der Waals surface area contributed by atoms with Gasteiger partial charge in [-0.25, -0.2) is 0 Å². The number of ether oxygens (including phenoxy) is 2. The number of rotatable bonds is 5. The van der Waals surface area contributed by atoms with E-state index in [2.05, 4.69) is 6.58 Å². The summed E-state index contributed by atoms with van der Waals surface area (Å²) in [5.41, 5.74) is 0.970. The Morgan fingerprint density at radius 1 is 1.30 bits per heavy atom. The fourth-order valence-corrected chi connectivity index (χ4v) is 1.89. The van der Waals surface area contributed by atoms with Crippen molar-refractivity contribution in [3.63, 3.8) is 0 Å². The van der Waals surface area contributed by atoms with Gasteiger partial charge in [-0.1, -0.05) is 24.8 Å². The highest BCUT2D eigenvalue weighted by Gasteiger charge is 2.13. The Labute approximate surface area is 119 Å². The largest absolute Gasteiger partial charge is 0.490 e. The molecule has 0 atom stereocenters. The molecule has 20 heavy (non-hydrogen) atoms. The molecule has 1 aliphatic rings. The first-order valence-corrected chi connectivity index (χ1v) is 6.68. The molecule has 1 saturated heterocycles. The number of benzene rings is 1. The third kappa shape index (κ3) is 4.24. The molecule has 0 saturated carbocycles. The van der Waals surface area contributed by atoms with Crippen molar-refractivity contribution >= 4 is 12.0 Å². The van der Waals surface area contributed by atoms with Crippen LogP contribution in [0.5, 0.6) is 5.75 Å². The van der Waals surface area contributed by atoms with Gasteiger partial charge < -0.3 is 14.4 Å². The number of hydrogen-bond acceptors (Lipinski definition) is 3. The van der Waals surface area contributed by atoms with Crippen molar-refractivity contribution in [1.29, 1.82) is 0 Å². The Morgan fingerprint density at radius 2 is 2.00 bits per heavy atom. The number of amides is 1. The molecular weight excluding hydrogens is 254 g/mol. The van der Waals surface area contributed by atoms with E-state index < -0.39 is 0 Å². The Hall–Kier alpha value is -2.07. The highest BCUT2D eigenvalue weighted by Crippen LogP contribution is 2.13. The van der Waals surface area contributed by atoms with Crippen molar-refractivity contribution in [2.45, 2.75) is 0 Å². The molecule has 1 heterocycles. The molecule has 0 aromatic heterocycles. The summed E-state index contributed by atoms with van der Waals surface area (Å²) in [6.45, 7) is 6.66. The predicted molar refractivity (Wildman–Crippen MR) is 78.6 cm³/mol. The first-order chi connectivity index (χ1) is 9.79. The van der Waals surface area contributed by atoms with E-state index >= 15 is 0 Å². The molecule has 4 heteroatoms. The molecule has 1 aromatic carbocycles. The van der Waals surface area contributed by atoms with Gasteiger partial charge in [0.25, 0.3) is 0 Å². The second kappa shape index (κ2) is 7.50. The lowest BCUT2D eigenvalue weighted by molar-refractivity contribution is -0.129. The molecule has 0 aliphatic carbocycles. The van der Waals surface area contributed by atoms with Crippen LogP contribution in [0.3, 0.4) is 0 Å². The zero-order valence-corrected chi connectivity index (χ0v) is 11.5. The van der Waals surface area contributed by atoms with Crippen LogP contribution >= 0.6 is 0 Å². The van der Waals surface area contributed by atoms with Crippen LogP contribution in [-0.2, 0) is 9.53 Å². The average molecular weight is 273 g/mol. The van der Waals surface area contributed by atoms with Crippen LogP contribution in [0, 0.1) is 0 Å². The molecule has 4 nitrogen and oxygen atoms in total. The van der Waals surface area contributed by atoms with Crippen LogP contribution < -0.4 is 4.74 Å². The maximum atomic E-state index is 11.9. The van der Waals surface area contributed by atoms with Crippen LogP contribution in [0.4, 0.5) is 0 Å². The van der Waals surface area contributed by atoms with Crippen LogP contribution in [-0.4, -0.2) is 43.7 Å². The monoisotopic (exact) mass is 273 g/mol. The highest BCUT2D eigenvalue weighted by molar-refractivity contribution is 5.91. The van der Waals surface area contributed by atoms with Gasteiger partial charge in [0.15, 0.2) is 0 Å². The van der Waals surface area contributed by atoms with Gasteiger partial charge in [0.2, 0.25) is 5.91 Å². The zero-order valence-electron chi connectivity index (χ0n) is 11.5. The smallest absolute Gasteiger partial charge is 0.246 e. The lowest BCUT2D eigenvalue weighted by Gasteiger charge is -2.25. The Kier molecular flexibility index (Phi) is 5.38. The summed E-state index contributed by atoms with van der Waals surface area (Å²) in [6, 6.07) is 7.59. The second-order valence-corrected chi connectivity index (χ2v) is 4.44. The second-order valence-electron chi connectivity index (χ2n) is 4.44. The van der Waals surface area contributed by atoms with Crippen molar-refractivity contribution in [3.8, 4) is 5.75 Å². The minimum absolute atomic E-state index is 0.0280. The lowest BCUT2D eigenvalue weighted by atomic mass is 10.2. The van der Waals surface area contributed by atoms with Gasteiger partial charge in [0.05, 0.1) is 13.2 Å². The Balaban J connectivity index is 1.89. The molecular formula is C16H19NO3. The average Bonchev–Trinajstić information content (AvgIpc) is 2.52. The molecule has 0 bridgehead atoms. The summed E-state index contributed by atoms with van der Waals surface area (Å²) >= 11 is 0. The maximum absolute atomic E-state index is 11.9. The highest BCUT2D eigenvalue weighted by atomic mass is 16.5. The number of carbonyl (C=O) groups excluding carboxylic acids is 1. The van der Waals surface area contributed by atoms with E-state index in [1.165, 1.54) is 0 Å². The van der Waals surface area contributed by atoms with Gasteiger partial charge in [-0.2, -0.15) is 0 Å². The van der Waals surface area contributed by atoms with Gasteiger partial charge in [-0.3, -0.25) is 4.79 Å². The van der Waals surface area contributed by atoms with Gasteiger partial charge >= 0.3 is 0 Å². The topological polar surface area (TPSA) is 38.8 Å². The summed E-state index contributed by atoms with van der Waals surface area (Å²) in [7, 11) is 0. The van der Waals surface area contributed by atoms with Gasteiger partial charge in [-0.05, 0) is 23.8 Å². The first-order valence-electron chi connectivity index (χ1n) is 6.68. The Bertz CT molecular complexity index is 473. The minimum Gasteiger partial charge on any atom is -0.490 e. The first kappa shape index (κ1) is 14.3. The number of carbonyl (C=O) groups is 1. The quantitative estimate of drug-likeness (QED) is 0.609. The fourth-order valence-electron chi connectivity index (χ4n) is 1.89. The van der Waals surface area contributed by atoms with Gasteiger partial charge in [-0.15, -0.1) is 0 Å². The van der Waals surface area contributed by atoms with E-state index in [-0.39, 0.29) is 5.91 Å². The number of nitrogens with zero attached hydrogens (tertiary/aromatic N) is 1. The summed E-state index contributed by atoms with van der Waals surface area (Å²) < 4.78 is 10.6. The molecule has 0 radical (unpaired) electrons. The summed E-state index contributed by atoms with van der Waals surface area (Å²) in [4.78, 5) is 13.7. The normalized spacial score (nSPS) is 15.3. The van der Waals surface area contributed by atoms with Crippen LogP contribution in [0.25, 0.3) is 6.08 Å². The third-order valence-electron chi connectivity index (χ3n) is 2.99. The zero-order chi connectivity index (χ0) is 14.2. The van der Waals surface area contributed by atoms with E-state index in [9.17, 15) is 4.79 Å². The van der Waals surface area contributed by atoms with Crippen molar-refractivity contribution in [3.05, 3.63) is 48.6 Å². The van der Waals surface area contributed by atoms with Crippen molar-refractivity contribution < 1.29 is 14.3 Å². The molecule has 1 aliphatic heterocycles. The van der Waals surface area contributed by atoms with E-state index in [1.54, 1.807) is 17.1 Å². The molecule has 1 amide bonds. The molecule has 0 N–H and O–H groups in total. The predicted octanol–water partition coefficient (Wildman–Crippen LogP) is 2.12. The molecule has 2 rings (SSSR count). The summed E-state index contributed by atoms with van der Waals surface area (Å²) in [5, 5.41) is 0. The van der Waals surface area contributed by atoms with E-state index in [0.29, 0.717) is 32.9 Å². The van der Waals surface area contributed by atoms with Crippen LogP contribution in [0.2, 0.25) is 0 Å². The molecule has 0 unspecified atom stereocenters. The van der Waals surface area contributed by atoms with Crippen molar-refractivity contribution in [2.24, 2.45) is 0 Å². The molecule has 106 valence electrons. The summed E-state index contributed by atoms with van der Waals surface area (Å²) in [5.74, 6) is 0.821. The molecule has 1 fully saturated rings. The van der Waals surface area contributed by atoms with Gasteiger partial charge in [0.1, 0.15) is 12.4 Å². The van der Waals surface area contributed by atoms with E-state index in [1.807, 2.05) is 30.3 Å². The maximum Gasteiger partial charge on any atom is 0.246 e. The van der Waals surface area contributed by atoms with Crippen molar-refractivity contribution in [1.82, 2.24) is 4.90 Å². The number of morpholine rings is 1. The minimum atomic E-state index is 0.0280. The van der Waals surface area contributed by atoms with Crippen LogP contribution in [0.1, 0.15) is 5.56 Å². The third-order valence-corrected chi connectivity index (χ3v) is 2.99. The standard InChI is InChI=1S/C16H19NO3/c1-2-11-20-15-6-3-14(4-7-15)5-8-16(18)17-9-12-19-13-10-17/h2-8H,1,9-13H2/b8-5+. The number of hydrogen-bond donors (Lipinski definition) is 0. The SMILES string of the molecule is C=CCOc1ccc(/C=C/C(=O)N2CCOCC2)cc1. The Morgan fingerprint density at radius 3 is 2.65 bits per heavy atom. The van der Waals surface area contributed by atoms with Crippen LogP contribution in [0.15, 0.2) is 43.0 Å². The van der Waals surface area contributed by atoms with Gasteiger partial charge in [0, 0.05) is 19.2 Å². The molecule has 0 spiro atoms. The van der Waals surface area contributed by atoms with E-state index in [0.717, 1.165) is 11.3 Å². The molecule has 1 aromatic rings.